The van der Waals surface area contributed by atoms with Crippen molar-refractivity contribution in [1.82, 2.24) is 14.8 Å². The Labute approximate surface area is 115 Å². The number of benzene rings is 1. The zero-order valence-electron chi connectivity index (χ0n) is 10.8. The van der Waals surface area contributed by atoms with E-state index in [-0.39, 0.29) is 11.8 Å². The summed E-state index contributed by atoms with van der Waals surface area (Å²) in [6.45, 7) is 1.80. The summed E-state index contributed by atoms with van der Waals surface area (Å²) in [7, 11) is 1.77. The average Bonchev–Trinajstić information content (AvgIpc) is 2.93. The van der Waals surface area contributed by atoms with E-state index in [0.717, 1.165) is 11.3 Å². The molecule has 0 radical (unpaired) electrons. The molecule has 19 heavy (non-hydrogen) atoms. The summed E-state index contributed by atoms with van der Waals surface area (Å²) in [5.41, 5.74) is 1.10. The van der Waals surface area contributed by atoms with E-state index in [4.69, 9.17) is 0 Å². The number of nitrogens with zero attached hydrogens (tertiary/aromatic N) is 3. The van der Waals surface area contributed by atoms with E-state index < -0.39 is 0 Å². The minimum Gasteiger partial charge on any atom is -0.294 e. The number of hydrogen-bond donors (Lipinski definition) is 1. The highest BCUT2D eigenvalue weighted by Crippen LogP contribution is 2.39. The Morgan fingerprint density at radius 2 is 2.26 bits per heavy atom. The summed E-state index contributed by atoms with van der Waals surface area (Å²) in [5.74, 6) is 1.80. The van der Waals surface area contributed by atoms with Crippen LogP contribution in [0.25, 0.3) is 0 Å². The first-order valence-corrected chi connectivity index (χ1v) is 7.04. The van der Waals surface area contributed by atoms with Gasteiger partial charge in [-0.1, -0.05) is 18.2 Å². The van der Waals surface area contributed by atoms with E-state index >= 15 is 0 Å². The zero-order valence-corrected chi connectivity index (χ0v) is 11.6. The van der Waals surface area contributed by atoms with E-state index in [9.17, 15) is 4.79 Å². The fraction of sp³-hybridized carbons (Fsp3) is 0.308. The number of rotatable bonds is 2. The number of anilines is 1. The number of hydrogen-bond acceptors (Lipinski definition) is 4. The van der Waals surface area contributed by atoms with E-state index in [0.29, 0.717) is 11.8 Å². The molecule has 2 heterocycles. The standard InChI is InChI=1S/C13H14N4OS/c1-8-14-13(17(2)16-8)15-12(18)10-7-19-11-6-4-3-5-9(10)11/h3-6,10H,7H2,1-2H3,(H,14,15,16,18). The Kier molecular flexibility index (Phi) is 3.02. The topological polar surface area (TPSA) is 59.8 Å². The normalized spacial score (nSPS) is 17.3. The number of aryl methyl sites for hydroxylation is 2. The third kappa shape index (κ3) is 2.23. The van der Waals surface area contributed by atoms with Crippen molar-refractivity contribution in [2.24, 2.45) is 7.05 Å². The molecule has 1 aromatic heterocycles. The van der Waals surface area contributed by atoms with Crippen molar-refractivity contribution >= 4 is 23.6 Å². The maximum Gasteiger partial charge on any atom is 0.235 e. The van der Waals surface area contributed by atoms with Crippen LogP contribution in [0.15, 0.2) is 29.2 Å². The molecule has 5 nitrogen and oxygen atoms in total. The van der Waals surface area contributed by atoms with Gasteiger partial charge < -0.3 is 0 Å². The molecule has 0 aliphatic carbocycles. The predicted octanol–water partition coefficient (Wildman–Crippen LogP) is 1.95. The molecule has 3 rings (SSSR count). The van der Waals surface area contributed by atoms with Gasteiger partial charge in [0.15, 0.2) is 0 Å². The lowest BCUT2D eigenvalue weighted by Crippen LogP contribution is -2.22. The molecule has 1 unspecified atom stereocenters. The fourth-order valence-corrected chi connectivity index (χ4v) is 3.43. The molecule has 0 fully saturated rings. The highest BCUT2D eigenvalue weighted by atomic mass is 32.2. The molecule has 0 saturated carbocycles. The summed E-state index contributed by atoms with van der Waals surface area (Å²) in [4.78, 5) is 17.7. The summed E-state index contributed by atoms with van der Waals surface area (Å²) in [6, 6.07) is 8.04. The van der Waals surface area contributed by atoms with Crippen LogP contribution in [0.1, 0.15) is 17.3 Å². The van der Waals surface area contributed by atoms with Gasteiger partial charge in [0.2, 0.25) is 11.9 Å². The van der Waals surface area contributed by atoms with Gasteiger partial charge in [0.05, 0.1) is 5.92 Å². The van der Waals surface area contributed by atoms with Gasteiger partial charge in [0, 0.05) is 17.7 Å². The van der Waals surface area contributed by atoms with Crippen LogP contribution in [-0.4, -0.2) is 26.4 Å². The molecule has 2 aromatic rings. The number of nitrogens with one attached hydrogen (secondary N) is 1. The number of thioether (sulfide) groups is 1. The Hall–Kier alpha value is -1.82. The smallest absolute Gasteiger partial charge is 0.235 e. The summed E-state index contributed by atoms with van der Waals surface area (Å²) < 4.78 is 1.58. The van der Waals surface area contributed by atoms with E-state index in [1.165, 1.54) is 4.90 Å². The molecule has 0 spiro atoms. The van der Waals surface area contributed by atoms with Crippen LogP contribution in [-0.2, 0) is 11.8 Å². The number of aromatic nitrogens is 3. The molecule has 1 amide bonds. The number of amides is 1. The zero-order chi connectivity index (χ0) is 13.4. The lowest BCUT2D eigenvalue weighted by molar-refractivity contribution is -0.117. The number of carbonyl (C=O) groups excluding carboxylic acids is 1. The Bertz CT molecular complexity index is 637. The third-order valence-corrected chi connectivity index (χ3v) is 4.30. The molecule has 1 aromatic carbocycles. The fourth-order valence-electron chi connectivity index (χ4n) is 2.20. The van der Waals surface area contributed by atoms with Crippen molar-refractivity contribution in [3.63, 3.8) is 0 Å². The molecule has 1 aliphatic heterocycles. The van der Waals surface area contributed by atoms with Crippen LogP contribution < -0.4 is 5.32 Å². The van der Waals surface area contributed by atoms with Gasteiger partial charge in [-0.2, -0.15) is 10.1 Å². The molecule has 1 aliphatic rings. The van der Waals surface area contributed by atoms with Crippen LogP contribution >= 0.6 is 11.8 Å². The average molecular weight is 274 g/mol. The Morgan fingerprint density at radius 1 is 1.47 bits per heavy atom. The lowest BCUT2D eigenvalue weighted by atomic mass is 10.0. The third-order valence-electron chi connectivity index (χ3n) is 3.12. The highest BCUT2D eigenvalue weighted by molar-refractivity contribution is 7.99. The Balaban J connectivity index is 1.81. The van der Waals surface area contributed by atoms with Crippen molar-refractivity contribution in [3.8, 4) is 0 Å². The summed E-state index contributed by atoms with van der Waals surface area (Å²) in [5, 5.41) is 6.97. The number of carbonyl (C=O) groups is 1. The Morgan fingerprint density at radius 3 is 3.00 bits per heavy atom. The first-order chi connectivity index (χ1) is 9.15. The van der Waals surface area contributed by atoms with E-state index in [2.05, 4.69) is 21.5 Å². The molecular formula is C13H14N4OS. The van der Waals surface area contributed by atoms with Crippen molar-refractivity contribution < 1.29 is 4.79 Å². The first kappa shape index (κ1) is 12.2. The molecule has 1 N–H and O–H groups in total. The van der Waals surface area contributed by atoms with Crippen LogP contribution in [0.2, 0.25) is 0 Å². The van der Waals surface area contributed by atoms with E-state index in [1.54, 1.807) is 30.4 Å². The summed E-state index contributed by atoms with van der Waals surface area (Å²) in [6.07, 6.45) is 0. The first-order valence-electron chi connectivity index (χ1n) is 6.05. The van der Waals surface area contributed by atoms with Gasteiger partial charge >= 0.3 is 0 Å². The largest absolute Gasteiger partial charge is 0.294 e. The van der Waals surface area contributed by atoms with E-state index in [1.807, 2.05) is 18.2 Å². The minimum atomic E-state index is -0.113. The minimum absolute atomic E-state index is 0.0204. The van der Waals surface area contributed by atoms with Gasteiger partial charge in [-0.3, -0.25) is 10.1 Å². The second-order valence-electron chi connectivity index (χ2n) is 4.50. The highest BCUT2D eigenvalue weighted by Gasteiger charge is 2.29. The molecule has 6 heteroatoms. The molecule has 0 saturated heterocycles. The quantitative estimate of drug-likeness (QED) is 0.909. The molecular weight excluding hydrogens is 260 g/mol. The second-order valence-corrected chi connectivity index (χ2v) is 5.56. The predicted molar refractivity (Wildman–Crippen MR) is 74.3 cm³/mol. The summed E-state index contributed by atoms with van der Waals surface area (Å²) >= 11 is 1.72. The maximum absolute atomic E-state index is 12.3. The van der Waals surface area contributed by atoms with Gasteiger partial charge in [0.25, 0.3) is 0 Å². The SMILES string of the molecule is Cc1nc(NC(=O)C2CSc3ccccc32)n(C)n1. The molecule has 0 bridgehead atoms. The van der Waals surface area contributed by atoms with Gasteiger partial charge in [-0.25, -0.2) is 4.68 Å². The van der Waals surface area contributed by atoms with Crippen molar-refractivity contribution in [1.29, 1.82) is 0 Å². The number of fused-ring (bicyclic) bond motifs is 1. The maximum atomic E-state index is 12.3. The van der Waals surface area contributed by atoms with Crippen molar-refractivity contribution in [2.45, 2.75) is 17.7 Å². The van der Waals surface area contributed by atoms with Gasteiger partial charge in [-0.05, 0) is 18.6 Å². The van der Waals surface area contributed by atoms with Crippen LogP contribution in [0, 0.1) is 6.92 Å². The van der Waals surface area contributed by atoms with Crippen LogP contribution in [0.3, 0.4) is 0 Å². The van der Waals surface area contributed by atoms with Crippen molar-refractivity contribution in [3.05, 3.63) is 35.7 Å². The van der Waals surface area contributed by atoms with Crippen LogP contribution in [0.5, 0.6) is 0 Å². The van der Waals surface area contributed by atoms with Gasteiger partial charge in [-0.15, -0.1) is 11.8 Å². The van der Waals surface area contributed by atoms with Gasteiger partial charge in [0.1, 0.15) is 5.82 Å². The van der Waals surface area contributed by atoms with Crippen molar-refractivity contribution in [2.75, 3.05) is 11.1 Å². The molecule has 98 valence electrons. The monoisotopic (exact) mass is 274 g/mol. The lowest BCUT2D eigenvalue weighted by Gasteiger charge is -2.10. The van der Waals surface area contributed by atoms with Crippen LogP contribution in [0.4, 0.5) is 5.95 Å². The second kappa shape index (κ2) is 4.70. The molecule has 1 atom stereocenters.